The van der Waals surface area contributed by atoms with E-state index in [-0.39, 0.29) is 12.1 Å². The second kappa shape index (κ2) is 9.82. The van der Waals surface area contributed by atoms with Gasteiger partial charge in [-0.15, -0.1) is 11.3 Å². The minimum absolute atomic E-state index is 0.212. The van der Waals surface area contributed by atoms with Crippen LogP contribution in [0, 0.1) is 0 Å². The first-order valence-corrected chi connectivity index (χ1v) is 10.6. The van der Waals surface area contributed by atoms with E-state index in [9.17, 15) is 4.79 Å². The summed E-state index contributed by atoms with van der Waals surface area (Å²) in [6.45, 7) is 2.30. The summed E-state index contributed by atoms with van der Waals surface area (Å²) in [4.78, 5) is 25.2. The molecule has 0 fully saturated rings. The molecule has 31 heavy (non-hydrogen) atoms. The number of hydrogen-bond acceptors (Lipinski definition) is 6. The van der Waals surface area contributed by atoms with E-state index < -0.39 is 0 Å². The van der Waals surface area contributed by atoms with E-state index in [0.717, 1.165) is 28.3 Å². The molecule has 0 radical (unpaired) electrons. The summed E-state index contributed by atoms with van der Waals surface area (Å²) >= 11 is 1.37. The van der Waals surface area contributed by atoms with E-state index in [0.29, 0.717) is 11.7 Å². The van der Waals surface area contributed by atoms with Gasteiger partial charge in [-0.3, -0.25) is 15.3 Å². The number of aromatic nitrogens is 3. The zero-order valence-corrected chi connectivity index (χ0v) is 17.7. The number of rotatable bonds is 7. The summed E-state index contributed by atoms with van der Waals surface area (Å²) in [7, 11) is 0. The van der Waals surface area contributed by atoms with Gasteiger partial charge in [0.2, 0.25) is 0 Å². The van der Waals surface area contributed by atoms with Crippen LogP contribution in [-0.2, 0) is 6.61 Å². The molecule has 0 aliphatic heterocycles. The van der Waals surface area contributed by atoms with Gasteiger partial charge < -0.3 is 10.1 Å². The second-order valence-corrected chi connectivity index (χ2v) is 7.64. The van der Waals surface area contributed by atoms with Crippen molar-refractivity contribution in [1.29, 1.82) is 0 Å². The van der Waals surface area contributed by atoms with Gasteiger partial charge in [0.15, 0.2) is 5.13 Å². The van der Waals surface area contributed by atoms with Gasteiger partial charge in [0.1, 0.15) is 12.4 Å². The standard InChI is InChI=1S/C23H21N5O2S/c1-16(17-6-4-9-20(12-17)30-14-19-8-2-3-11-25-19)26-22(29)28-23-27-21(15-31-23)18-7-5-10-24-13-18/h2-13,15-16H,14H2,1H3,(H2,26,27,28,29). The Balaban J connectivity index is 1.33. The third-order valence-corrected chi connectivity index (χ3v) is 5.26. The highest BCUT2D eigenvalue weighted by atomic mass is 32.1. The molecule has 4 rings (SSSR count). The second-order valence-electron chi connectivity index (χ2n) is 6.78. The van der Waals surface area contributed by atoms with Crippen molar-refractivity contribution in [3.8, 4) is 17.0 Å². The van der Waals surface area contributed by atoms with Crippen molar-refractivity contribution >= 4 is 22.5 Å². The van der Waals surface area contributed by atoms with Gasteiger partial charge in [0, 0.05) is 29.5 Å². The van der Waals surface area contributed by atoms with Crippen LogP contribution in [0.4, 0.5) is 9.93 Å². The monoisotopic (exact) mass is 431 g/mol. The van der Waals surface area contributed by atoms with E-state index in [1.165, 1.54) is 11.3 Å². The number of amides is 2. The molecule has 0 spiro atoms. The maximum atomic E-state index is 12.4. The average molecular weight is 432 g/mol. The van der Waals surface area contributed by atoms with Gasteiger partial charge >= 0.3 is 6.03 Å². The van der Waals surface area contributed by atoms with Crippen molar-refractivity contribution in [2.45, 2.75) is 19.6 Å². The van der Waals surface area contributed by atoms with Crippen LogP contribution < -0.4 is 15.4 Å². The van der Waals surface area contributed by atoms with Crippen LogP contribution in [0.1, 0.15) is 24.2 Å². The molecule has 2 N–H and O–H groups in total. The molecule has 0 saturated heterocycles. The number of anilines is 1. The molecule has 2 amide bonds. The van der Waals surface area contributed by atoms with Crippen molar-refractivity contribution in [2.24, 2.45) is 0 Å². The molecule has 156 valence electrons. The number of carbonyl (C=O) groups excluding carboxylic acids is 1. The third kappa shape index (κ3) is 5.64. The van der Waals surface area contributed by atoms with Gasteiger partial charge in [0.25, 0.3) is 0 Å². The zero-order chi connectivity index (χ0) is 21.5. The van der Waals surface area contributed by atoms with Gasteiger partial charge in [-0.2, -0.15) is 0 Å². The van der Waals surface area contributed by atoms with Crippen molar-refractivity contribution < 1.29 is 9.53 Å². The molecule has 4 aromatic rings. The summed E-state index contributed by atoms with van der Waals surface area (Å²) in [5.74, 6) is 0.721. The number of urea groups is 1. The number of nitrogens with zero attached hydrogens (tertiary/aromatic N) is 3. The lowest BCUT2D eigenvalue weighted by Gasteiger charge is -2.15. The minimum atomic E-state index is -0.320. The Bertz CT molecular complexity index is 1130. The number of hydrogen-bond donors (Lipinski definition) is 2. The number of nitrogens with one attached hydrogen (secondary N) is 2. The van der Waals surface area contributed by atoms with Crippen molar-refractivity contribution in [3.05, 3.63) is 89.8 Å². The molecular weight excluding hydrogens is 410 g/mol. The van der Waals surface area contributed by atoms with Crippen LogP contribution in [0.2, 0.25) is 0 Å². The first-order chi connectivity index (χ1) is 15.2. The van der Waals surface area contributed by atoms with Crippen LogP contribution in [0.15, 0.2) is 78.6 Å². The van der Waals surface area contributed by atoms with Crippen LogP contribution in [0.3, 0.4) is 0 Å². The Morgan fingerprint density at radius 3 is 2.87 bits per heavy atom. The molecule has 3 heterocycles. The molecule has 8 heteroatoms. The van der Waals surface area contributed by atoms with Crippen LogP contribution >= 0.6 is 11.3 Å². The quantitative estimate of drug-likeness (QED) is 0.427. The molecular formula is C23H21N5O2S. The first-order valence-electron chi connectivity index (χ1n) is 9.73. The normalized spacial score (nSPS) is 11.5. The first kappa shape index (κ1) is 20.5. The highest BCUT2D eigenvalue weighted by molar-refractivity contribution is 7.14. The lowest BCUT2D eigenvalue weighted by molar-refractivity contribution is 0.249. The minimum Gasteiger partial charge on any atom is -0.487 e. The van der Waals surface area contributed by atoms with Crippen molar-refractivity contribution in [1.82, 2.24) is 20.3 Å². The summed E-state index contributed by atoms with van der Waals surface area (Å²) < 4.78 is 5.82. The number of benzene rings is 1. The lowest BCUT2D eigenvalue weighted by atomic mass is 10.1. The van der Waals surface area contributed by atoms with Crippen molar-refractivity contribution in [3.63, 3.8) is 0 Å². The number of pyridine rings is 2. The summed E-state index contributed by atoms with van der Waals surface area (Å²) in [5.41, 5.74) is 3.47. The molecule has 3 aromatic heterocycles. The SMILES string of the molecule is CC(NC(=O)Nc1nc(-c2cccnc2)cs1)c1cccc(OCc2ccccn2)c1. The summed E-state index contributed by atoms with van der Waals surface area (Å²) in [6, 6.07) is 16.6. The maximum absolute atomic E-state index is 12.4. The van der Waals surface area contributed by atoms with Gasteiger partial charge in [0.05, 0.1) is 17.4 Å². The largest absolute Gasteiger partial charge is 0.487 e. The Hall–Kier alpha value is -3.78. The van der Waals surface area contributed by atoms with Crippen LogP contribution in [0.25, 0.3) is 11.3 Å². The summed E-state index contributed by atoms with van der Waals surface area (Å²) in [6.07, 6.45) is 5.19. The van der Waals surface area contributed by atoms with E-state index in [2.05, 4.69) is 25.6 Å². The Morgan fingerprint density at radius 1 is 1.13 bits per heavy atom. The van der Waals surface area contributed by atoms with Crippen LogP contribution in [0.5, 0.6) is 5.75 Å². The molecule has 1 unspecified atom stereocenters. The topological polar surface area (TPSA) is 89.0 Å². The fourth-order valence-electron chi connectivity index (χ4n) is 2.91. The van der Waals surface area contributed by atoms with Crippen LogP contribution in [-0.4, -0.2) is 21.0 Å². The maximum Gasteiger partial charge on any atom is 0.321 e. The fourth-order valence-corrected chi connectivity index (χ4v) is 3.62. The fraction of sp³-hybridized carbons (Fsp3) is 0.130. The molecule has 0 aliphatic rings. The number of carbonyl (C=O) groups is 1. The molecule has 0 bridgehead atoms. The predicted octanol–water partition coefficient (Wildman–Crippen LogP) is 5.06. The molecule has 1 atom stereocenters. The van der Waals surface area contributed by atoms with E-state index in [4.69, 9.17) is 4.74 Å². The van der Waals surface area contributed by atoms with Gasteiger partial charge in [-0.25, -0.2) is 9.78 Å². The van der Waals surface area contributed by atoms with Crippen molar-refractivity contribution in [2.75, 3.05) is 5.32 Å². The summed E-state index contributed by atoms with van der Waals surface area (Å²) in [5, 5.41) is 8.13. The Morgan fingerprint density at radius 2 is 2.06 bits per heavy atom. The third-order valence-electron chi connectivity index (χ3n) is 4.50. The Labute approximate surface area is 184 Å². The molecule has 1 aromatic carbocycles. The zero-order valence-electron chi connectivity index (χ0n) is 16.9. The lowest BCUT2D eigenvalue weighted by Crippen LogP contribution is -2.31. The number of thiazole rings is 1. The Kier molecular flexibility index (Phi) is 6.49. The van der Waals surface area contributed by atoms with Gasteiger partial charge in [-0.05, 0) is 48.9 Å². The van der Waals surface area contributed by atoms with Gasteiger partial charge in [-0.1, -0.05) is 18.2 Å². The molecule has 7 nitrogen and oxygen atoms in total. The highest BCUT2D eigenvalue weighted by Gasteiger charge is 2.13. The van der Waals surface area contributed by atoms with E-state index in [1.54, 1.807) is 18.6 Å². The molecule has 0 aliphatic carbocycles. The van der Waals surface area contributed by atoms with E-state index in [1.807, 2.05) is 66.9 Å². The van der Waals surface area contributed by atoms with E-state index >= 15 is 0 Å². The predicted molar refractivity (Wildman–Crippen MR) is 121 cm³/mol. The smallest absolute Gasteiger partial charge is 0.321 e. The number of ether oxygens (including phenoxy) is 1. The average Bonchev–Trinajstić information content (AvgIpc) is 3.27. The molecule has 0 saturated carbocycles. The highest BCUT2D eigenvalue weighted by Crippen LogP contribution is 2.24.